The molecule has 0 aromatic carbocycles. The molecule has 0 aromatic rings. The Kier molecular flexibility index (Phi) is 6.52. The highest BCUT2D eigenvalue weighted by molar-refractivity contribution is 5.70. The van der Waals surface area contributed by atoms with Crippen molar-refractivity contribution < 1.29 is 14.6 Å². The van der Waals surface area contributed by atoms with E-state index in [0.717, 1.165) is 39.0 Å². The van der Waals surface area contributed by atoms with Gasteiger partial charge in [0.05, 0.1) is 5.92 Å². The molecule has 0 aromatic heterocycles. The Labute approximate surface area is 104 Å². The summed E-state index contributed by atoms with van der Waals surface area (Å²) in [4.78, 5) is 11.0. The first-order valence-corrected chi connectivity index (χ1v) is 6.61. The summed E-state index contributed by atoms with van der Waals surface area (Å²) >= 11 is 0. The van der Waals surface area contributed by atoms with E-state index in [1.165, 1.54) is 0 Å². The van der Waals surface area contributed by atoms with Crippen molar-refractivity contribution in [2.75, 3.05) is 26.3 Å². The van der Waals surface area contributed by atoms with Gasteiger partial charge in [0.25, 0.3) is 0 Å². The van der Waals surface area contributed by atoms with Gasteiger partial charge in [-0.1, -0.05) is 13.8 Å². The number of aliphatic carboxylic acids is 1. The van der Waals surface area contributed by atoms with Crippen LogP contribution in [0.4, 0.5) is 0 Å². The number of carboxylic acid groups (broad SMARTS) is 1. The van der Waals surface area contributed by atoms with Gasteiger partial charge in [0.15, 0.2) is 0 Å². The Morgan fingerprint density at radius 2 is 2.29 bits per heavy atom. The molecule has 1 rings (SSSR count). The fourth-order valence-electron chi connectivity index (χ4n) is 2.23. The van der Waals surface area contributed by atoms with Crippen LogP contribution in [0, 0.1) is 17.8 Å². The summed E-state index contributed by atoms with van der Waals surface area (Å²) in [6.45, 7) is 7.36. The van der Waals surface area contributed by atoms with Crippen molar-refractivity contribution in [1.82, 2.24) is 5.32 Å². The van der Waals surface area contributed by atoms with E-state index in [1.807, 2.05) is 0 Å². The highest BCUT2D eigenvalue weighted by atomic mass is 16.5. The minimum absolute atomic E-state index is 0.255. The lowest BCUT2D eigenvalue weighted by molar-refractivity contribution is -0.142. The van der Waals surface area contributed by atoms with E-state index in [9.17, 15) is 4.79 Å². The fourth-order valence-corrected chi connectivity index (χ4v) is 2.23. The summed E-state index contributed by atoms with van der Waals surface area (Å²) in [5.74, 6) is 0.155. The quantitative estimate of drug-likeness (QED) is 0.638. The SMILES string of the molecule is CC(C)CC(CNCCC1CCOC1)C(=O)O. The van der Waals surface area contributed by atoms with Crippen LogP contribution in [-0.4, -0.2) is 37.4 Å². The van der Waals surface area contributed by atoms with Crippen molar-refractivity contribution in [1.29, 1.82) is 0 Å². The minimum atomic E-state index is -0.685. The molecule has 100 valence electrons. The Hall–Kier alpha value is -0.610. The van der Waals surface area contributed by atoms with Crippen molar-refractivity contribution >= 4 is 5.97 Å². The molecule has 1 saturated heterocycles. The molecule has 2 N–H and O–H groups in total. The molecular formula is C13H25NO3. The van der Waals surface area contributed by atoms with Gasteiger partial charge in [-0.05, 0) is 37.6 Å². The van der Waals surface area contributed by atoms with E-state index in [-0.39, 0.29) is 5.92 Å². The van der Waals surface area contributed by atoms with E-state index >= 15 is 0 Å². The first-order chi connectivity index (χ1) is 8.09. The molecule has 1 heterocycles. The molecule has 0 aliphatic carbocycles. The van der Waals surface area contributed by atoms with Gasteiger partial charge < -0.3 is 15.2 Å². The van der Waals surface area contributed by atoms with Gasteiger partial charge in [-0.15, -0.1) is 0 Å². The Morgan fingerprint density at radius 3 is 2.82 bits per heavy atom. The number of rotatable bonds is 8. The zero-order valence-corrected chi connectivity index (χ0v) is 10.9. The summed E-state index contributed by atoms with van der Waals surface area (Å²) in [7, 11) is 0. The monoisotopic (exact) mass is 243 g/mol. The van der Waals surface area contributed by atoms with Gasteiger partial charge in [-0.3, -0.25) is 4.79 Å². The number of ether oxygens (including phenoxy) is 1. The fraction of sp³-hybridized carbons (Fsp3) is 0.923. The number of hydrogen-bond acceptors (Lipinski definition) is 3. The Morgan fingerprint density at radius 1 is 1.53 bits per heavy atom. The summed E-state index contributed by atoms with van der Waals surface area (Å²) in [5.41, 5.74) is 0. The third kappa shape index (κ3) is 6.03. The molecule has 0 bridgehead atoms. The van der Waals surface area contributed by atoms with E-state index in [0.29, 0.717) is 18.4 Å². The lowest BCUT2D eigenvalue weighted by atomic mass is 9.97. The second-order valence-electron chi connectivity index (χ2n) is 5.39. The van der Waals surface area contributed by atoms with Gasteiger partial charge in [0, 0.05) is 19.8 Å². The van der Waals surface area contributed by atoms with Gasteiger partial charge in [-0.2, -0.15) is 0 Å². The zero-order chi connectivity index (χ0) is 12.7. The summed E-state index contributed by atoms with van der Waals surface area (Å²) in [5, 5.41) is 12.3. The highest BCUT2D eigenvalue weighted by Crippen LogP contribution is 2.15. The molecule has 4 nitrogen and oxygen atoms in total. The molecule has 1 aliphatic heterocycles. The normalized spacial score (nSPS) is 21.9. The van der Waals surface area contributed by atoms with Crippen LogP contribution >= 0.6 is 0 Å². The molecule has 2 atom stereocenters. The first-order valence-electron chi connectivity index (χ1n) is 6.61. The van der Waals surface area contributed by atoms with Crippen molar-refractivity contribution in [3.63, 3.8) is 0 Å². The third-order valence-electron chi connectivity index (χ3n) is 3.25. The largest absolute Gasteiger partial charge is 0.481 e. The standard InChI is InChI=1S/C13H25NO3/c1-10(2)7-12(13(15)16)8-14-5-3-11-4-6-17-9-11/h10-12,14H,3-9H2,1-2H3,(H,15,16). The van der Waals surface area contributed by atoms with Crippen LogP contribution in [0.25, 0.3) is 0 Å². The smallest absolute Gasteiger partial charge is 0.307 e. The minimum Gasteiger partial charge on any atom is -0.481 e. The van der Waals surface area contributed by atoms with Crippen molar-refractivity contribution in [2.45, 2.75) is 33.1 Å². The maximum atomic E-state index is 11.0. The molecule has 0 radical (unpaired) electrons. The predicted molar refractivity (Wildman–Crippen MR) is 67.0 cm³/mol. The van der Waals surface area contributed by atoms with E-state index in [1.54, 1.807) is 0 Å². The predicted octanol–water partition coefficient (Wildman–Crippen LogP) is 1.75. The first kappa shape index (κ1) is 14.5. The molecule has 2 unspecified atom stereocenters. The molecule has 0 spiro atoms. The van der Waals surface area contributed by atoms with Gasteiger partial charge in [0.1, 0.15) is 0 Å². The molecule has 1 aliphatic rings. The second-order valence-corrected chi connectivity index (χ2v) is 5.39. The third-order valence-corrected chi connectivity index (χ3v) is 3.25. The molecule has 17 heavy (non-hydrogen) atoms. The summed E-state index contributed by atoms with van der Waals surface area (Å²) in [6, 6.07) is 0. The summed E-state index contributed by atoms with van der Waals surface area (Å²) < 4.78 is 5.30. The number of nitrogens with one attached hydrogen (secondary N) is 1. The number of carbonyl (C=O) groups is 1. The molecular weight excluding hydrogens is 218 g/mol. The topological polar surface area (TPSA) is 58.6 Å². The maximum absolute atomic E-state index is 11.0. The molecule has 0 amide bonds. The van der Waals surface area contributed by atoms with Crippen LogP contribution < -0.4 is 5.32 Å². The lowest BCUT2D eigenvalue weighted by Gasteiger charge is -2.16. The van der Waals surface area contributed by atoms with E-state index in [2.05, 4.69) is 19.2 Å². The average molecular weight is 243 g/mol. The molecule has 0 saturated carbocycles. The number of hydrogen-bond donors (Lipinski definition) is 2. The van der Waals surface area contributed by atoms with Crippen LogP contribution in [0.3, 0.4) is 0 Å². The molecule has 1 fully saturated rings. The van der Waals surface area contributed by atoms with Gasteiger partial charge in [-0.25, -0.2) is 0 Å². The van der Waals surface area contributed by atoms with Gasteiger partial charge in [0.2, 0.25) is 0 Å². The lowest BCUT2D eigenvalue weighted by Crippen LogP contribution is -2.30. The Bertz CT molecular complexity index is 225. The molecule has 4 heteroatoms. The van der Waals surface area contributed by atoms with E-state index in [4.69, 9.17) is 9.84 Å². The highest BCUT2D eigenvalue weighted by Gasteiger charge is 2.19. The zero-order valence-electron chi connectivity index (χ0n) is 10.9. The van der Waals surface area contributed by atoms with Crippen molar-refractivity contribution in [2.24, 2.45) is 17.8 Å². The number of carboxylic acids is 1. The van der Waals surface area contributed by atoms with Crippen molar-refractivity contribution in [3.8, 4) is 0 Å². The van der Waals surface area contributed by atoms with Crippen LogP contribution in [0.2, 0.25) is 0 Å². The maximum Gasteiger partial charge on any atom is 0.307 e. The second kappa shape index (κ2) is 7.67. The summed E-state index contributed by atoms with van der Waals surface area (Å²) in [6.07, 6.45) is 2.99. The van der Waals surface area contributed by atoms with Crippen LogP contribution in [0.15, 0.2) is 0 Å². The van der Waals surface area contributed by atoms with E-state index < -0.39 is 5.97 Å². The Balaban J connectivity index is 2.11. The van der Waals surface area contributed by atoms with Crippen LogP contribution in [0.1, 0.15) is 33.1 Å². The van der Waals surface area contributed by atoms with Crippen LogP contribution in [0.5, 0.6) is 0 Å². The van der Waals surface area contributed by atoms with Crippen molar-refractivity contribution in [3.05, 3.63) is 0 Å². The van der Waals surface area contributed by atoms with Crippen LogP contribution in [-0.2, 0) is 9.53 Å². The average Bonchev–Trinajstić information content (AvgIpc) is 2.74. The van der Waals surface area contributed by atoms with Gasteiger partial charge >= 0.3 is 5.97 Å².